The smallest absolute Gasteiger partial charge is 0.0652 e. The van der Waals surface area contributed by atoms with Crippen LogP contribution in [-0.4, -0.2) is 10.7 Å². The summed E-state index contributed by atoms with van der Waals surface area (Å²) in [6.07, 6.45) is 5.84. The van der Waals surface area contributed by atoms with Crippen molar-refractivity contribution in [2.45, 2.75) is 65.4 Å². The molecule has 0 aromatic rings. The van der Waals surface area contributed by atoms with Crippen LogP contribution in [0.4, 0.5) is 0 Å². The van der Waals surface area contributed by atoms with E-state index >= 15 is 0 Å². The summed E-state index contributed by atoms with van der Waals surface area (Å²) in [5.41, 5.74) is -0.123. The largest absolute Gasteiger partial charge is 0.390 e. The van der Waals surface area contributed by atoms with E-state index in [2.05, 4.69) is 20.8 Å². The minimum absolute atomic E-state index is 0.296. The highest BCUT2D eigenvalue weighted by Crippen LogP contribution is 2.45. The van der Waals surface area contributed by atoms with E-state index in [9.17, 15) is 5.11 Å². The van der Waals surface area contributed by atoms with Crippen LogP contribution in [0.15, 0.2) is 0 Å². The molecule has 1 nitrogen and oxygen atoms in total. The first-order valence-electron chi connectivity index (χ1n) is 5.62. The third kappa shape index (κ3) is 2.25. The number of rotatable bonds is 2. The van der Waals surface area contributed by atoms with E-state index < -0.39 is 5.60 Å². The standard InChI is InChI=1S/C12H24O/c1-5-11(2,3)10-8-6-7-9-12(10,4)13/h10,13H,5-9H2,1-4H3/t10-,12+/m0/s1. The second-order valence-corrected chi connectivity index (χ2v) is 5.50. The Morgan fingerprint density at radius 2 is 2.00 bits per heavy atom. The molecule has 1 aliphatic carbocycles. The lowest BCUT2D eigenvalue weighted by Crippen LogP contribution is -2.45. The topological polar surface area (TPSA) is 20.2 Å². The van der Waals surface area contributed by atoms with Gasteiger partial charge in [0.1, 0.15) is 0 Å². The average Bonchev–Trinajstić information content (AvgIpc) is 2.03. The van der Waals surface area contributed by atoms with Crippen LogP contribution in [0, 0.1) is 11.3 Å². The Morgan fingerprint density at radius 3 is 2.46 bits per heavy atom. The Labute approximate surface area is 82.5 Å². The SMILES string of the molecule is CCC(C)(C)[C@@H]1CCCC[C@@]1(C)O. The highest BCUT2D eigenvalue weighted by atomic mass is 16.3. The molecule has 0 aromatic heterocycles. The van der Waals surface area contributed by atoms with E-state index in [1.54, 1.807) is 0 Å². The molecule has 1 fully saturated rings. The fraction of sp³-hybridized carbons (Fsp3) is 1.00. The van der Waals surface area contributed by atoms with Crippen LogP contribution in [0.2, 0.25) is 0 Å². The first-order valence-corrected chi connectivity index (χ1v) is 5.62. The zero-order valence-corrected chi connectivity index (χ0v) is 9.56. The van der Waals surface area contributed by atoms with Crippen LogP contribution in [-0.2, 0) is 0 Å². The summed E-state index contributed by atoms with van der Waals surface area (Å²) < 4.78 is 0. The molecule has 0 bridgehead atoms. The van der Waals surface area contributed by atoms with Crippen LogP contribution in [0.5, 0.6) is 0 Å². The maximum absolute atomic E-state index is 10.3. The van der Waals surface area contributed by atoms with Crippen molar-refractivity contribution in [1.82, 2.24) is 0 Å². The van der Waals surface area contributed by atoms with Gasteiger partial charge in [-0.1, -0.05) is 40.0 Å². The van der Waals surface area contributed by atoms with Gasteiger partial charge in [0.25, 0.3) is 0 Å². The second kappa shape index (κ2) is 3.61. The third-order valence-electron chi connectivity index (χ3n) is 4.03. The van der Waals surface area contributed by atoms with Crippen LogP contribution < -0.4 is 0 Å². The molecule has 0 aliphatic heterocycles. The maximum atomic E-state index is 10.3. The van der Waals surface area contributed by atoms with E-state index in [0.29, 0.717) is 11.3 Å². The molecule has 1 heteroatoms. The molecule has 1 rings (SSSR count). The van der Waals surface area contributed by atoms with Crippen LogP contribution in [0.3, 0.4) is 0 Å². The lowest BCUT2D eigenvalue weighted by atomic mass is 9.63. The molecular formula is C12H24O. The summed E-state index contributed by atoms with van der Waals surface area (Å²) in [5.74, 6) is 0.485. The van der Waals surface area contributed by atoms with Crippen molar-refractivity contribution in [3.8, 4) is 0 Å². The quantitative estimate of drug-likeness (QED) is 0.697. The zero-order valence-electron chi connectivity index (χ0n) is 9.56. The van der Waals surface area contributed by atoms with Gasteiger partial charge in [-0.15, -0.1) is 0 Å². The van der Waals surface area contributed by atoms with Gasteiger partial charge < -0.3 is 5.11 Å². The van der Waals surface area contributed by atoms with Crippen molar-refractivity contribution in [3.63, 3.8) is 0 Å². The Bertz CT molecular complexity index is 162. The van der Waals surface area contributed by atoms with Gasteiger partial charge in [0.2, 0.25) is 0 Å². The van der Waals surface area contributed by atoms with Crippen LogP contribution in [0.25, 0.3) is 0 Å². The fourth-order valence-corrected chi connectivity index (χ4v) is 2.80. The van der Waals surface area contributed by atoms with Crippen LogP contribution >= 0.6 is 0 Å². The molecule has 0 amide bonds. The Kier molecular flexibility index (Phi) is 3.06. The lowest BCUT2D eigenvalue weighted by molar-refractivity contribution is -0.0813. The van der Waals surface area contributed by atoms with Gasteiger partial charge in [-0.3, -0.25) is 0 Å². The highest BCUT2D eigenvalue weighted by molar-refractivity contribution is 4.93. The van der Waals surface area contributed by atoms with Crippen molar-refractivity contribution >= 4 is 0 Å². The molecule has 0 spiro atoms. The first kappa shape index (κ1) is 11.0. The van der Waals surface area contributed by atoms with E-state index in [0.717, 1.165) is 12.8 Å². The molecule has 78 valence electrons. The summed E-state index contributed by atoms with van der Waals surface area (Å²) in [5, 5.41) is 10.3. The minimum Gasteiger partial charge on any atom is -0.390 e. The number of hydrogen-bond donors (Lipinski definition) is 1. The predicted molar refractivity (Wildman–Crippen MR) is 56.7 cm³/mol. The lowest BCUT2D eigenvalue weighted by Gasteiger charge is -2.46. The predicted octanol–water partition coefficient (Wildman–Crippen LogP) is 3.36. The van der Waals surface area contributed by atoms with E-state index in [4.69, 9.17) is 0 Å². The number of aliphatic hydroxyl groups is 1. The van der Waals surface area contributed by atoms with Gasteiger partial charge >= 0.3 is 0 Å². The Morgan fingerprint density at radius 1 is 1.38 bits per heavy atom. The summed E-state index contributed by atoms with van der Waals surface area (Å²) in [6.45, 7) is 8.83. The van der Waals surface area contributed by atoms with E-state index in [-0.39, 0.29) is 0 Å². The zero-order chi connectivity index (χ0) is 10.1. The van der Waals surface area contributed by atoms with Gasteiger partial charge in [-0.25, -0.2) is 0 Å². The third-order valence-corrected chi connectivity index (χ3v) is 4.03. The summed E-state index contributed by atoms with van der Waals surface area (Å²) in [4.78, 5) is 0. The molecule has 2 atom stereocenters. The van der Waals surface area contributed by atoms with Crippen molar-refractivity contribution in [3.05, 3.63) is 0 Å². The van der Waals surface area contributed by atoms with Crippen molar-refractivity contribution in [2.75, 3.05) is 0 Å². The monoisotopic (exact) mass is 184 g/mol. The number of hydrogen-bond acceptors (Lipinski definition) is 1. The van der Waals surface area contributed by atoms with Crippen molar-refractivity contribution in [1.29, 1.82) is 0 Å². The summed E-state index contributed by atoms with van der Waals surface area (Å²) >= 11 is 0. The highest BCUT2D eigenvalue weighted by Gasteiger charge is 2.42. The molecule has 0 saturated heterocycles. The Hall–Kier alpha value is -0.0400. The van der Waals surface area contributed by atoms with E-state index in [1.165, 1.54) is 19.3 Å². The maximum Gasteiger partial charge on any atom is 0.0652 e. The average molecular weight is 184 g/mol. The van der Waals surface area contributed by atoms with Gasteiger partial charge in [0, 0.05) is 0 Å². The summed E-state index contributed by atoms with van der Waals surface area (Å²) in [7, 11) is 0. The van der Waals surface area contributed by atoms with Gasteiger partial charge in [0.15, 0.2) is 0 Å². The van der Waals surface area contributed by atoms with Crippen LogP contribution in [0.1, 0.15) is 59.8 Å². The van der Waals surface area contributed by atoms with Gasteiger partial charge in [-0.2, -0.15) is 0 Å². The minimum atomic E-state index is -0.419. The molecule has 0 heterocycles. The normalized spacial score (nSPS) is 36.2. The van der Waals surface area contributed by atoms with Crippen molar-refractivity contribution in [2.24, 2.45) is 11.3 Å². The molecule has 13 heavy (non-hydrogen) atoms. The van der Waals surface area contributed by atoms with Gasteiger partial charge in [0.05, 0.1) is 5.60 Å². The van der Waals surface area contributed by atoms with Crippen molar-refractivity contribution < 1.29 is 5.11 Å². The fourth-order valence-electron chi connectivity index (χ4n) is 2.80. The molecule has 0 radical (unpaired) electrons. The Balaban J connectivity index is 2.76. The molecule has 1 saturated carbocycles. The first-order chi connectivity index (χ1) is 5.90. The molecule has 0 unspecified atom stereocenters. The van der Waals surface area contributed by atoms with Gasteiger partial charge in [-0.05, 0) is 31.1 Å². The second-order valence-electron chi connectivity index (χ2n) is 5.50. The molecule has 1 N–H and O–H groups in total. The molecule has 0 aromatic carbocycles. The molecular weight excluding hydrogens is 160 g/mol. The summed E-state index contributed by atoms with van der Waals surface area (Å²) in [6, 6.07) is 0. The van der Waals surface area contributed by atoms with E-state index in [1.807, 2.05) is 6.92 Å². The molecule has 1 aliphatic rings.